The molecule has 7 heteroatoms. The topological polar surface area (TPSA) is 52.6 Å². The summed E-state index contributed by atoms with van der Waals surface area (Å²) in [6.07, 6.45) is 0.497. The van der Waals surface area contributed by atoms with Crippen molar-refractivity contribution >= 4 is 21.6 Å². The van der Waals surface area contributed by atoms with Crippen molar-refractivity contribution in [2.75, 3.05) is 51.9 Å². The highest BCUT2D eigenvalue weighted by molar-refractivity contribution is 7.89. The third kappa shape index (κ3) is 5.52. The van der Waals surface area contributed by atoms with Gasteiger partial charge in [-0.25, -0.2) is 13.1 Å². The van der Waals surface area contributed by atoms with Gasteiger partial charge in [0.1, 0.15) is 0 Å². The number of rotatable bonds is 6. The highest BCUT2D eigenvalue weighted by atomic mass is 35.5. The van der Waals surface area contributed by atoms with Crippen molar-refractivity contribution in [2.45, 2.75) is 12.5 Å². The van der Waals surface area contributed by atoms with Gasteiger partial charge in [0.05, 0.1) is 5.75 Å². The van der Waals surface area contributed by atoms with Crippen LogP contribution in [0.15, 0.2) is 0 Å². The van der Waals surface area contributed by atoms with Crippen LogP contribution >= 0.6 is 11.6 Å². The van der Waals surface area contributed by atoms with Gasteiger partial charge in [-0.2, -0.15) is 0 Å². The Hall–Kier alpha value is 0.120. The summed E-state index contributed by atoms with van der Waals surface area (Å²) in [7, 11) is 0.926. The SMILES string of the molecule is CN1CCN(C)C(CNS(=O)(=O)CCCCl)C1. The molecule has 1 unspecified atom stereocenters. The lowest BCUT2D eigenvalue weighted by molar-refractivity contribution is 0.117. The molecular formula is C10H22ClN3O2S. The van der Waals surface area contributed by atoms with Gasteiger partial charge in [-0.3, -0.25) is 4.90 Å². The Morgan fingerprint density at radius 1 is 1.35 bits per heavy atom. The van der Waals surface area contributed by atoms with E-state index in [1.165, 1.54) is 0 Å². The Kier molecular flexibility index (Phi) is 6.16. The van der Waals surface area contributed by atoms with Crippen molar-refractivity contribution < 1.29 is 8.42 Å². The largest absolute Gasteiger partial charge is 0.303 e. The number of likely N-dealkylation sites (N-methyl/N-ethyl adjacent to an activating group) is 2. The molecule has 17 heavy (non-hydrogen) atoms. The second-order valence-corrected chi connectivity index (χ2v) is 6.91. The van der Waals surface area contributed by atoms with Gasteiger partial charge in [-0.1, -0.05) is 0 Å². The average molecular weight is 284 g/mol. The van der Waals surface area contributed by atoms with E-state index < -0.39 is 10.0 Å². The second-order valence-electron chi connectivity index (χ2n) is 4.61. The molecule has 0 aliphatic carbocycles. The fourth-order valence-electron chi connectivity index (χ4n) is 1.86. The molecule has 0 saturated carbocycles. The monoisotopic (exact) mass is 283 g/mol. The molecule has 1 fully saturated rings. The first-order valence-electron chi connectivity index (χ1n) is 5.86. The highest BCUT2D eigenvalue weighted by Gasteiger charge is 2.23. The molecule has 1 rings (SSSR count). The number of nitrogens with one attached hydrogen (secondary N) is 1. The van der Waals surface area contributed by atoms with Crippen molar-refractivity contribution in [3.63, 3.8) is 0 Å². The Morgan fingerprint density at radius 2 is 2.06 bits per heavy atom. The molecule has 0 aromatic heterocycles. The normalized spacial score (nSPS) is 24.1. The van der Waals surface area contributed by atoms with Gasteiger partial charge in [-0.05, 0) is 20.5 Å². The van der Waals surface area contributed by atoms with Crippen molar-refractivity contribution in [3.05, 3.63) is 0 Å². The standard InChI is InChI=1S/C10H22ClN3O2S/c1-13-5-6-14(2)10(9-13)8-12-17(15,16)7-3-4-11/h10,12H,3-9H2,1-2H3. The van der Waals surface area contributed by atoms with E-state index in [9.17, 15) is 8.42 Å². The summed E-state index contributed by atoms with van der Waals surface area (Å²) >= 11 is 5.49. The maximum atomic E-state index is 11.6. The predicted molar refractivity (Wildman–Crippen MR) is 71.0 cm³/mol. The highest BCUT2D eigenvalue weighted by Crippen LogP contribution is 2.05. The summed E-state index contributed by atoms with van der Waals surface area (Å²) in [5.74, 6) is 0.496. The zero-order valence-corrected chi connectivity index (χ0v) is 12.1. The zero-order chi connectivity index (χ0) is 12.9. The Labute approximate surface area is 109 Å². The van der Waals surface area contributed by atoms with Crippen LogP contribution in [0.25, 0.3) is 0 Å². The van der Waals surface area contributed by atoms with E-state index in [2.05, 4.69) is 21.6 Å². The van der Waals surface area contributed by atoms with Gasteiger partial charge in [0.2, 0.25) is 10.0 Å². The van der Waals surface area contributed by atoms with Crippen molar-refractivity contribution in [1.29, 1.82) is 0 Å². The quantitative estimate of drug-likeness (QED) is 0.685. The third-order valence-electron chi connectivity index (χ3n) is 3.07. The van der Waals surface area contributed by atoms with E-state index >= 15 is 0 Å². The number of hydrogen-bond acceptors (Lipinski definition) is 4. The van der Waals surface area contributed by atoms with E-state index in [4.69, 9.17) is 11.6 Å². The molecule has 0 amide bonds. The Morgan fingerprint density at radius 3 is 2.71 bits per heavy atom. The molecule has 0 bridgehead atoms. The summed E-state index contributed by atoms with van der Waals surface area (Å²) in [6, 6.07) is 0.250. The predicted octanol–water partition coefficient (Wildman–Crippen LogP) is -0.219. The van der Waals surface area contributed by atoms with Crippen LogP contribution in [-0.4, -0.2) is 76.2 Å². The molecule has 1 heterocycles. The number of piperazine rings is 1. The van der Waals surface area contributed by atoms with Gasteiger partial charge >= 0.3 is 0 Å². The molecule has 1 N–H and O–H groups in total. The minimum absolute atomic E-state index is 0.114. The molecule has 1 saturated heterocycles. The molecule has 0 aromatic carbocycles. The number of nitrogens with zero attached hydrogens (tertiary/aromatic N) is 2. The van der Waals surface area contributed by atoms with Gasteiger partial charge in [-0.15, -0.1) is 11.6 Å². The third-order valence-corrected chi connectivity index (χ3v) is 4.77. The number of halogens is 1. The molecule has 5 nitrogen and oxygen atoms in total. The van der Waals surface area contributed by atoms with E-state index in [-0.39, 0.29) is 11.8 Å². The maximum Gasteiger partial charge on any atom is 0.211 e. The minimum Gasteiger partial charge on any atom is -0.303 e. The van der Waals surface area contributed by atoms with Crippen molar-refractivity contribution in [1.82, 2.24) is 14.5 Å². The van der Waals surface area contributed by atoms with Crippen LogP contribution in [0.3, 0.4) is 0 Å². The van der Waals surface area contributed by atoms with E-state index in [0.29, 0.717) is 18.8 Å². The number of alkyl halides is 1. The van der Waals surface area contributed by atoms with E-state index in [1.54, 1.807) is 0 Å². The molecule has 1 aliphatic heterocycles. The van der Waals surface area contributed by atoms with Crippen LogP contribution in [0.1, 0.15) is 6.42 Å². The molecule has 1 atom stereocenters. The van der Waals surface area contributed by atoms with Crippen LogP contribution < -0.4 is 4.72 Å². The summed E-state index contributed by atoms with van der Waals surface area (Å²) < 4.78 is 25.9. The van der Waals surface area contributed by atoms with Gasteiger partial charge in [0, 0.05) is 38.1 Å². The second kappa shape index (κ2) is 6.89. The molecule has 1 aliphatic rings. The van der Waals surface area contributed by atoms with Crippen LogP contribution in [0.5, 0.6) is 0 Å². The summed E-state index contributed by atoms with van der Waals surface area (Å²) in [6.45, 7) is 3.39. The fourth-order valence-corrected chi connectivity index (χ4v) is 3.27. The van der Waals surface area contributed by atoms with E-state index in [1.807, 2.05) is 7.05 Å². The molecular weight excluding hydrogens is 262 g/mol. The van der Waals surface area contributed by atoms with Gasteiger partial charge in [0.15, 0.2) is 0 Å². The first kappa shape index (κ1) is 15.2. The Bertz CT molecular complexity index is 324. The summed E-state index contributed by atoms with van der Waals surface area (Å²) in [4.78, 5) is 4.42. The first-order valence-corrected chi connectivity index (χ1v) is 8.05. The maximum absolute atomic E-state index is 11.6. The fraction of sp³-hybridized carbons (Fsp3) is 1.00. The summed E-state index contributed by atoms with van der Waals surface area (Å²) in [5, 5.41) is 0. The molecule has 102 valence electrons. The number of sulfonamides is 1. The van der Waals surface area contributed by atoms with Gasteiger partial charge in [0.25, 0.3) is 0 Å². The molecule has 0 aromatic rings. The van der Waals surface area contributed by atoms with Crippen LogP contribution in [0, 0.1) is 0 Å². The lowest BCUT2D eigenvalue weighted by Gasteiger charge is -2.37. The zero-order valence-electron chi connectivity index (χ0n) is 10.5. The van der Waals surface area contributed by atoms with Crippen LogP contribution in [0.2, 0.25) is 0 Å². The van der Waals surface area contributed by atoms with Crippen LogP contribution in [0.4, 0.5) is 0 Å². The lowest BCUT2D eigenvalue weighted by atomic mass is 10.2. The first-order chi connectivity index (χ1) is 7.94. The van der Waals surface area contributed by atoms with Gasteiger partial charge < -0.3 is 4.90 Å². The van der Waals surface area contributed by atoms with Crippen molar-refractivity contribution in [2.24, 2.45) is 0 Å². The number of hydrogen-bond donors (Lipinski definition) is 1. The summed E-state index contributed by atoms with van der Waals surface area (Å²) in [5.41, 5.74) is 0. The Balaban J connectivity index is 2.38. The smallest absolute Gasteiger partial charge is 0.211 e. The lowest BCUT2D eigenvalue weighted by Crippen LogP contribution is -2.54. The van der Waals surface area contributed by atoms with Crippen molar-refractivity contribution in [3.8, 4) is 0 Å². The van der Waals surface area contributed by atoms with Crippen LogP contribution in [-0.2, 0) is 10.0 Å². The minimum atomic E-state index is -3.16. The average Bonchev–Trinajstić information content (AvgIpc) is 2.28. The molecule has 0 radical (unpaired) electrons. The van der Waals surface area contributed by atoms with E-state index in [0.717, 1.165) is 19.6 Å². The molecule has 0 spiro atoms.